The predicted octanol–water partition coefficient (Wildman–Crippen LogP) is 9.69. The van der Waals surface area contributed by atoms with E-state index >= 15 is 0 Å². The first-order valence-electron chi connectivity index (χ1n) is 18.7. The van der Waals surface area contributed by atoms with E-state index in [0.717, 1.165) is 62.6 Å². The highest BCUT2D eigenvalue weighted by Gasteiger charge is 2.69. The molecule has 0 saturated heterocycles. The average molecular weight is 655 g/mol. The van der Waals surface area contributed by atoms with Crippen LogP contribution in [0.3, 0.4) is 0 Å². The van der Waals surface area contributed by atoms with Crippen LogP contribution in [0.2, 0.25) is 0 Å². The maximum atomic E-state index is 14.5. The van der Waals surface area contributed by atoms with Gasteiger partial charge in [0.2, 0.25) is 5.91 Å². The number of nitrogens with zero attached hydrogens (tertiary/aromatic N) is 1. The number of carbonyl (C=O) groups excluding carboxylic acids is 2. The van der Waals surface area contributed by atoms with E-state index in [4.69, 9.17) is 9.26 Å². The van der Waals surface area contributed by atoms with Gasteiger partial charge in [0, 0.05) is 24.0 Å². The predicted molar refractivity (Wildman–Crippen MR) is 188 cm³/mol. The number of hydrogen-bond donors (Lipinski definition) is 1. The van der Waals surface area contributed by atoms with E-state index in [1.165, 1.54) is 12.8 Å². The Morgan fingerprint density at radius 3 is 2.38 bits per heavy atom. The maximum absolute atomic E-state index is 14.5. The summed E-state index contributed by atoms with van der Waals surface area (Å²) in [5.41, 5.74) is 3.54. The Labute approximate surface area is 288 Å². The molecule has 4 saturated carbocycles. The molecule has 4 fully saturated rings. The van der Waals surface area contributed by atoms with Crippen LogP contribution in [0.4, 0.5) is 0 Å². The van der Waals surface area contributed by atoms with Gasteiger partial charge in [-0.1, -0.05) is 95.6 Å². The minimum atomic E-state index is -0.391. The molecular weight excluding hydrogens is 596 g/mol. The number of carbonyl (C=O) groups is 2. The minimum Gasteiger partial charge on any atom is -0.462 e. The van der Waals surface area contributed by atoms with Crippen LogP contribution < -0.4 is 5.32 Å². The molecule has 5 aliphatic rings. The molecule has 260 valence electrons. The first-order chi connectivity index (χ1) is 22.6. The van der Waals surface area contributed by atoms with Crippen LogP contribution in [0.15, 0.2) is 52.6 Å². The Kier molecular flexibility index (Phi) is 7.92. The van der Waals surface area contributed by atoms with Crippen molar-refractivity contribution in [2.75, 3.05) is 0 Å². The molecule has 7 rings (SSSR count). The number of nitrogens with one attached hydrogen (secondary N) is 1. The number of ether oxygens (including phenoxy) is 1. The zero-order chi connectivity index (χ0) is 34.3. The van der Waals surface area contributed by atoms with Crippen molar-refractivity contribution < 1.29 is 18.8 Å². The number of rotatable bonds is 5. The number of benzene rings is 1. The van der Waals surface area contributed by atoms with Gasteiger partial charge < -0.3 is 14.6 Å². The van der Waals surface area contributed by atoms with E-state index in [9.17, 15) is 9.59 Å². The lowest BCUT2D eigenvalue weighted by Gasteiger charge is -2.71. The first-order valence-corrected chi connectivity index (χ1v) is 18.7. The summed E-state index contributed by atoms with van der Waals surface area (Å²) in [6.45, 7) is 19.2. The van der Waals surface area contributed by atoms with Crippen molar-refractivity contribution in [3.63, 3.8) is 0 Å². The van der Waals surface area contributed by atoms with Crippen LogP contribution in [0, 0.1) is 50.2 Å². The van der Waals surface area contributed by atoms with Crippen LogP contribution in [0.1, 0.15) is 125 Å². The van der Waals surface area contributed by atoms with Gasteiger partial charge in [0.1, 0.15) is 11.8 Å². The van der Waals surface area contributed by atoms with Gasteiger partial charge in [0.15, 0.2) is 5.76 Å². The fourth-order valence-electron chi connectivity index (χ4n) is 12.5. The third kappa shape index (κ3) is 4.96. The van der Waals surface area contributed by atoms with E-state index < -0.39 is 5.41 Å². The highest BCUT2D eigenvalue weighted by Crippen LogP contribution is 2.75. The molecule has 6 nitrogen and oxygen atoms in total. The third-order valence-corrected chi connectivity index (χ3v) is 15.4. The highest BCUT2D eigenvalue weighted by atomic mass is 16.5. The maximum Gasteiger partial charge on any atom is 0.302 e. The Balaban J connectivity index is 1.17. The lowest BCUT2D eigenvalue weighted by molar-refractivity contribution is -0.212. The fourth-order valence-corrected chi connectivity index (χ4v) is 12.5. The molecule has 8 atom stereocenters. The summed E-state index contributed by atoms with van der Waals surface area (Å²) in [7, 11) is 0. The highest BCUT2D eigenvalue weighted by molar-refractivity contribution is 5.84. The van der Waals surface area contributed by atoms with Gasteiger partial charge in [0.05, 0.1) is 12.0 Å². The van der Waals surface area contributed by atoms with Crippen LogP contribution in [-0.2, 0) is 20.9 Å². The number of hydrogen-bond acceptors (Lipinski definition) is 5. The summed E-state index contributed by atoms with van der Waals surface area (Å²) in [5, 5.41) is 7.65. The van der Waals surface area contributed by atoms with Crippen molar-refractivity contribution in [1.82, 2.24) is 10.5 Å². The number of allylic oxidation sites excluding steroid dienone is 2. The zero-order valence-corrected chi connectivity index (χ0v) is 30.7. The number of fused-ring (bicyclic) bond motifs is 7. The lowest BCUT2D eigenvalue weighted by Crippen LogP contribution is -2.65. The molecule has 1 heterocycles. The SMILES string of the molecule is CC(=O)O[C@H]1CC[C@@]2(C)C(CC[C@]3(C)C2CC=C2[C@@H]4CC(C)(C)CC[C@]4(C(=O)NCc4cc(-c5ccccc5)no4)CC[C@]23C)C1(C)C. The Bertz CT molecular complexity index is 1610. The van der Waals surface area contributed by atoms with E-state index in [-0.39, 0.29) is 51.0 Å². The monoisotopic (exact) mass is 654 g/mol. The average Bonchev–Trinajstić information content (AvgIpc) is 3.51. The van der Waals surface area contributed by atoms with Gasteiger partial charge in [-0.3, -0.25) is 9.59 Å². The van der Waals surface area contributed by atoms with E-state index in [0.29, 0.717) is 24.1 Å². The molecule has 2 unspecified atom stereocenters. The second-order valence-electron chi connectivity index (χ2n) is 18.6. The molecular formula is C42H58N2O4. The second kappa shape index (κ2) is 11.3. The summed E-state index contributed by atoms with van der Waals surface area (Å²) in [4.78, 5) is 26.6. The standard InChI is InChI=1S/C42H58N2O4/c1-27(45)47-35-17-18-39(6)33(38(35,4)5)16-19-41(8)34(39)15-14-30-31-25-37(2,3)20-22-42(31,23-21-40(30,41)7)36(46)43-26-29-24-32(44-48-29)28-12-10-9-11-13-28/h9-14,24,31,33-35H,15-23,25-26H2,1-8H3,(H,43,46)/t31-,33?,34?,35-,39-,40+,41+,42-/m0/s1. The normalized spacial score (nSPS) is 39.5. The smallest absolute Gasteiger partial charge is 0.302 e. The summed E-state index contributed by atoms with van der Waals surface area (Å²) in [5.74, 6) is 2.05. The topological polar surface area (TPSA) is 81.4 Å². The molecule has 1 N–H and O–H groups in total. The number of esters is 1. The molecule has 0 radical (unpaired) electrons. The summed E-state index contributed by atoms with van der Waals surface area (Å²) in [6.07, 6.45) is 13.2. The van der Waals surface area contributed by atoms with Crippen LogP contribution in [0.25, 0.3) is 11.3 Å². The van der Waals surface area contributed by atoms with Gasteiger partial charge in [-0.25, -0.2) is 0 Å². The van der Waals surface area contributed by atoms with Crippen molar-refractivity contribution in [2.45, 2.75) is 132 Å². The Morgan fingerprint density at radius 1 is 0.917 bits per heavy atom. The molecule has 5 aliphatic carbocycles. The molecule has 0 aliphatic heterocycles. The molecule has 0 spiro atoms. The first kappa shape index (κ1) is 33.6. The van der Waals surface area contributed by atoms with Gasteiger partial charge in [-0.05, 0) is 104 Å². The van der Waals surface area contributed by atoms with Crippen LogP contribution in [-0.4, -0.2) is 23.1 Å². The molecule has 0 bridgehead atoms. The quantitative estimate of drug-likeness (QED) is 0.256. The fraction of sp³-hybridized carbons (Fsp3) is 0.690. The van der Waals surface area contributed by atoms with Crippen molar-refractivity contribution in [3.8, 4) is 11.3 Å². The van der Waals surface area contributed by atoms with Crippen LogP contribution in [0.5, 0.6) is 0 Å². The second-order valence-corrected chi connectivity index (χ2v) is 18.6. The van der Waals surface area contributed by atoms with Gasteiger partial charge in [-0.2, -0.15) is 0 Å². The zero-order valence-electron chi connectivity index (χ0n) is 30.7. The Morgan fingerprint density at radius 2 is 1.65 bits per heavy atom. The van der Waals surface area contributed by atoms with E-state index in [2.05, 4.69) is 65.0 Å². The number of aromatic nitrogens is 1. The van der Waals surface area contributed by atoms with Gasteiger partial charge in [-0.15, -0.1) is 0 Å². The van der Waals surface area contributed by atoms with Crippen molar-refractivity contribution in [1.29, 1.82) is 0 Å². The molecule has 6 heteroatoms. The largest absolute Gasteiger partial charge is 0.462 e. The van der Waals surface area contributed by atoms with Crippen molar-refractivity contribution in [2.24, 2.45) is 50.2 Å². The summed E-state index contributed by atoms with van der Waals surface area (Å²) >= 11 is 0. The van der Waals surface area contributed by atoms with Crippen molar-refractivity contribution >= 4 is 11.9 Å². The third-order valence-electron chi connectivity index (χ3n) is 15.4. The van der Waals surface area contributed by atoms with E-state index in [1.807, 2.05) is 36.4 Å². The summed E-state index contributed by atoms with van der Waals surface area (Å²) < 4.78 is 11.6. The molecule has 2 aromatic rings. The van der Waals surface area contributed by atoms with Gasteiger partial charge >= 0.3 is 5.97 Å². The number of amides is 1. The molecule has 1 aromatic carbocycles. The van der Waals surface area contributed by atoms with Crippen LogP contribution >= 0.6 is 0 Å². The molecule has 1 aromatic heterocycles. The molecule has 48 heavy (non-hydrogen) atoms. The lowest BCUT2D eigenvalue weighted by atomic mass is 9.33. The van der Waals surface area contributed by atoms with E-state index in [1.54, 1.807) is 12.5 Å². The summed E-state index contributed by atoms with van der Waals surface area (Å²) in [6, 6.07) is 12.0. The van der Waals surface area contributed by atoms with Crippen molar-refractivity contribution in [3.05, 3.63) is 53.8 Å². The Hall–Kier alpha value is -2.89. The minimum absolute atomic E-state index is 0.0112. The molecule has 1 amide bonds. The van der Waals surface area contributed by atoms with Gasteiger partial charge in [0.25, 0.3) is 0 Å².